The molecule has 2 aromatic rings. The first-order valence-electron chi connectivity index (χ1n) is 8.91. The Hall–Kier alpha value is -2.48. The fraction of sp³-hybridized carbons (Fsp3) is 0.556. The van der Waals surface area contributed by atoms with Gasteiger partial charge >= 0.3 is 0 Å². The van der Waals surface area contributed by atoms with Crippen molar-refractivity contribution in [3.63, 3.8) is 0 Å². The average molecular weight is 359 g/mol. The summed E-state index contributed by atoms with van der Waals surface area (Å²) in [6.07, 6.45) is 10.2. The molecule has 1 aliphatic carbocycles. The summed E-state index contributed by atoms with van der Waals surface area (Å²) in [5.41, 5.74) is 0.732. The quantitative estimate of drug-likeness (QED) is 0.773. The van der Waals surface area contributed by atoms with Crippen LogP contribution >= 0.6 is 0 Å². The molecule has 1 aliphatic rings. The molecule has 0 bridgehead atoms. The predicted octanol–water partition coefficient (Wildman–Crippen LogP) is 1.17. The first kappa shape index (κ1) is 18.3. The molecule has 0 spiro atoms. The van der Waals surface area contributed by atoms with Gasteiger partial charge in [-0.1, -0.05) is 19.8 Å². The lowest BCUT2D eigenvalue weighted by atomic mass is 9.96. The Labute approximate surface area is 152 Å². The van der Waals surface area contributed by atoms with Gasteiger partial charge in [0.1, 0.15) is 0 Å². The first-order chi connectivity index (χ1) is 12.5. The summed E-state index contributed by atoms with van der Waals surface area (Å²) >= 11 is 0. The Balaban J connectivity index is 1.70. The minimum atomic E-state index is -0.421. The molecule has 3 rings (SSSR count). The molecule has 0 saturated heterocycles. The van der Waals surface area contributed by atoms with Crippen molar-refractivity contribution in [3.05, 3.63) is 30.4 Å². The molecule has 1 saturated carbocycles. The largest absolute Gasteiger partial charge is 0.384 e. The molecular weight excluding hydrogens is 334 g/mol. The molecule has 1 atom stereocenters. The van der Waals surface area contributed by atoms with Gasteiger partial charge in [-0.3, -0.25) is 14.6 Å². The highest BCUT2D eigenvalue weighted by Gasteiger charge is 2.36. The summed E-state index contributed by atoms with van der Waals surface area (Å²) in [7, 11) is 1.58. The van der Waals surface area contributed by atoms with Gasteiger partial charge in [-0.15, -0.1) is 0 Å². The van der Waals surface area contributed by atoms with Crippen molar-refractivity contribution in [1.82, 2.24) is 25.2 Å². The number of methoxy groups -OCH3 is 1. The first-order valence-corrected chi connectivity index (χ1v) is 8.91. The van der Waals surface area contributed by atoms with Gasteiger partial charge in [-0.25, -0.2) is 4.52 Å². The number of hydrogen-bond donors (Lipinski definition) is 2. The molecule has 8 heteroatoms. The van der Waals surface area contributed by atoms with Crippen molar-refractivity contribution in [2.45, 2.75) is 38.1 Å². The van der Waals surface area contributed by atoms with E-state index in [4.69, 9.17) is 4.74 Å². The number of fused-ring (bicyclic) bond motifs is 1. The zero-order valence-corrected chi connectivity index (χ0v) is 15.2. The third kappa shape index (κ3) is 3.85. The third-order valence-electron chi connectivity index (χ3n) is 4.97. The van der Waals surface area contributed by atoms with Gasteiger partial charge in [-0.2, -0.15) is 5.10 Å². The van der Waals surface area contributed by atoms with Crippen LogP contribution in [0.3, 0.4) is 0 Å². The second-order valence-corrected chi connectivity index (χ2v) is 6.98. The third-order valence-corrected chi connectivity index (χ3v) is 4.97. The van der Waals surface area contributed by atoms with E-state index in [1.165, 1.54) is 0 Å². The molecule has 2 N–H and O–H groups in total. The van der Waals surface area contributed by atoms with Crippen LogP contribution in [0.1, 0.15) is 43.0 Å². The van der Waals surface area contributed by atoms with Gasteiger partial charge in [0.05, 0.1) is 41.5 Å². The van der Waals surface area contributed by atoms with Crippen LogP contribution in [0.5, 0.6) is 0 Å². The lowest BCUT2D eigenvalue weighted by Crippen LogP contribution is -2.54. The molecular formula is C18H25N5O3. The van der Waals surface area contributed by atoms with Gasteiger partial charge in [0.25, 0.3) is 5.91 Å². The predicted molar refractivity (Wildman–Crippen MR) is 95.7 cm³/mol. The molecule has 2 heterocycles. The van der Waals surface area contributed by atoms with Crippen LogP contribution in [-0.2, 0) is 9.53 Å². The van der Waals surface area contributed by atoms with Crippen LogP contribution in [0.2, 0.25) is 0 Å². The summed E-state index contributed by atoms with van der Waals surface area (Å²) in [6, 6.07) is 0. The van der Waals surface area contributed by atoms with Gasteiger partial charge in [-0.05, 0) is 12.8 Å². The number of hydrogen-bond acceptors (Lipinski definition) is 5. The van der Waals surface area contributed by atoms with E-state index in [1.54, 1.807) is 36.4 Å². The van der Waals surface area contributed by atoms with Crippen LogP contribution in [0, 0.1) is 5.92 Å². The number of amides is 2. The van der Waals surface area contributed by atoms with E-state index in [1.807, 2.05) is 6.92 Å². The summed E-state index contributed by atoms with van der Waals surface area (Å²) < 4.78 is 6.65. The van der Waals surface area contributed by atoms with E-state index in [0.29, 0.717) is 24.2 Å². The molecule has 2 aromatic heterocycles. The lowest BCUT2D eigenvalue weighted by molar-refractivity contribution is -0.126. The fourth-order valence-electron chi connectivity index (χ4n) is 3.47. The minimum absolute atomic E-state index is 0.0624. The van der Waals surface area contributed by atoms with Gasteiger partial charge in [0.15, 0.2) is 0 Å². The maximum atomic E-state index is 12.8. The van der Waals surface area contributed by atoms with E-state index in [-0.39, 0.29) is 17.7 Å². The van der Waals surface area contributed by atoms with Crippen LogP contribution in [-0.4, -0.2) is 52.2 Å². The minimum Gasteiger partial charge on any atom is -0.384 e. The Morgan fingerprint density at radius 1 is 1.35 bits per heavy atom. The van der Waals surface area contributed by atoms with Crippen molar-refractivity contribution in [3.8, 4) is 0 Å². The van der Waals surface area contributed by atoms with Gasteiger partial charge < -0.3 is 15.4 Å². The Morgan fingerprint density at radius 3 is 2.85 bits per heavy atom. The molecule has 0 radical (unpaired) electrons. The van der Waals surface area contributed by atoms with Crippen molar-refractivity contribution < 1.29 is 14.3 Å². The van der Waals surface area contributed by atoms with Gasteiger partial charge in [0, 0.05) is 26.0 Å². The van der Waals surface area contributed by atoms with Crippen molar-refractivity contribution in [2.75, 3.05) is 20.3 Å². The smallest absolute Gasteiger partial charge is 0.255 e. The highest BCUT2D eigenvalue weighted by molar-refractivity contribution is 6.00. The number of ether oxygens (including phenoxy) is 1. The molecule has 26 heavy (non-hydrogen) atoms. The summed E-state index contributed by atoms with van der Waals surface area (Å²) in [6.45, 7) is 2.62. The normalized spacial score (nSPS) is 17.2. The van der Waals surface area contributed by atoms with E-state index < -0.39 is 5.54 Å². The maximum Gasteiger partial charge on any atom is 0.255 e. The zero-order valence-electron chi connectivity index (χ0n) is 15.2. The number of nitrogens with one attached hydrogen (secondary N) is 2. The summed E-state index contributed by atoms with van der Waals surface area (Å²) in [5, 5.41) is 10.3. The van der Waals surface area contributed by atoms with Crippen molar-refractivity contribution >= 4 is 17.3 Å². The molecule has 8 nitrogen and oxygen atoms in total. The standard InChI is InChI=1S/C18H25N5O3/c1-13(11-26-2)16(24)20-12-18(5-3-4-6-18)22-17(25)14-9-21-23-8-7-19-10-15(14)23/h7-10,13H,3-6,11-12H2,1-2H3,(H,20,24)(H,22,25). The van der Waals surface area contributed by atoms with Crippen molar-refractivity contribution in [1.29, 1.82) is 0 Å². The topological polar surface area (TPSA) is 97.6 Å². The van der Waals surface area contributed by atoms with E-state index in [9.17, 15) is 9.59 Å². The molecule has 140 valence electrons. The van der Waals surface area contributed by atoms with E-state index >= 15 is 0 Å². The van der Waals surface area contributed by atoms with Crippen molar-refractivity contribution in [2.24, 2.45) is 5.92 Å². The van der Waals surface area contributed by atoms with Crippen LogP contribution < -0.4 is 10.6 Å². The van der Waals surface area contributed by atoms with E-state index in [2.05, 4.69) is 20.7 Å². The SMILES string of the molecule is COCC(C)C(=O)NCC1(NC(=O)c2cnn3ccncc23)CCCC1. The number of carbonyl (C=O) groups is 2. The molecule has 0 aliphatic heterocycles. The molecule has 0 aromatic carbocycles. The van der Waals surface area contributed by atoms with Crippen LogP contribution in [0.4, 0.5) is 0 Å². The number of nitrogens with zero attached hydrogens (tertiary/aromatic N) is 3. The Bertz CT molecular complexity index is 782. The average Bonchev–Trinajstić information content (AvgIpc) is 3.27. The second-order valence-electron chi connectivity index (χ2n) is 6.98. The fourth-order valence-corrected chi connectivity index (χ4v) is 3.47. The van der Waals surface area contributed by atoms with Crippen LogP contribution in [0.15, 0.2) is 24.8 Å². The zero-order chi connectivity index (χ0) is 18.6. The maximum absolute atomic E-state index is 12.8. The monoisotopic (exact) mass is 359 g/mol. The summed E-state index contributed by atoms with van der Waals surface area (Å²) in [4.78, 5) is 29.1. The van der Waals surface area contributed by atoms with E-state index in [0.717, 1.165) is 25.7 Å². The molecule has 1 fully saturated rings. The molecule has 1 unspecified atom stereocenters. The van der Waals surface area contributed by atoms with Crippen LogP contribution in [0.25, 0.3) is 5.52 Å². The summed E-state index contributed by atoms with van der Waals surface area (Å²) in [5.74, 6) is -0.471. The lowest BCUT2D eigenvalue weighted by Gasteiger charge is -2.31. The molecule has 2 amide bonds. The Morgan fingerprint density at radius 2 is 2.12 bits per heavy atom. The highest BCUT2D eigenvalue weighted by Crippen LogP contribution is 2.30. The second kappa shape index (κ2) is 7.82. The number of rotatable bonds is 7. The Kier molecular flexibility index (Phi) is 5.51. The van der Waals surface area contributed by atoms with Gasteiger partial charge in [0.2, 0.25) is 5.91 Å². The number of carbonyl (C=O) groups excluding carboxylic acids is 2. The highest BCUT2D eigenvalue weighted by atomic mass is 16.5. The number of aromatic nitrogens is 3.